The summed E-state index contributed by atoms with van der Waals surface area (Å²) in [4.78, 5) is 15.3. The molecular formula is C28H19Cl2NO3. The Morgan fingerprint density at radius 3 is 2.38 bits per heavy atom. The maximum absolute atomic E-state index is 13.6. The number of ether oxygens (including phenoxy) is 1. The van der Waals surface area contributed by atoms with Crippen molar-refractivity contribution in [3.05, 3.63) is 118 Å². The van der Waals surface area contributed by atoms with Crippen LogP contribution in [0.2, 0.25) is 10.0 Å². The van der Waals surface area contributed by atoms with Crippen LogP contribution in [0.4, 0.5) is 5.69 Å². The molecule has 1 amide bonds. The molecule has 4 aromatic rings. The number of anilines is 1. The Morgan fingerprint density at radius 1 is 0.853 bits per heavy atom. The molecule has 5 rings (SSSR count). The molecule has 2 heterocycles. The van der Waals surface area contributed by atoms with E-state index in [2.05, 4.69) is 0 Å². The lowest BCUT2D eigenvalue weighted by molar-refractivity contribution is -0.113. The number of nitrogens with zero attached hydrogens (tertiary/aromatic N) is 1. The van der Waals surface area contributed by atoms with Gasteiger partial charge in [0, 0.05) is 11.1 Å². The van der Waals surface area contributed by atoms with Gasteiger partial charge in [-0.2, -0.15) is 0 Å². The number of hydrogen-bond acceptors (Lipinski definition) is 3. The molecule has 0 radical (unpaired) electrons. The van der Waals surface area contributed by atoms with Crippen molar-refractivity contribution in [2.24, 2.45) is 0 Å². The fourth-order valence-electron chi connectivity index (χ4n) is 3.88. The molecule has 1 aliphatic rings. The summed E-state index contributed by atoms with van der Waals surface area (Å²) < 4.78 is 11.5. The summed E-state index contributed by atoms with van der Waals surface area (Å²) in [7, 11) is 1.59. The Bertz CT molecular complexity index is 1440. The van der Waals surface area contributed by atoms with Gasteiger partial charge in [0.15, 0.2) is 0 Å². The number of benzene rings is 3. The number of carbonyl (C=O) groups is 1. The predicted octanol–water partition coefficient (Wildman–Crippen LogP) is 7.73. The number of methoxy groups -OCH3 is 1. The highest BCUT2D eigenvalue weighted by Crippen LogP contribution is 2.40. The summed E-state index contributed by atoms with van der Waals surface area (Å²) in [5.74, 6) is 1.62. The van der Waals surface area contributed by atoms with Crippen molar-refractivity contribution in [1.29, 1.82) is 0 Å². The molecule has 0 unspecified atom stereocenters. The van der Waals surface area contributed by atoms with Gasteiger partial charge in [-0.25, -0.2) is 0 Å². The van der Waals surface area contributed by atoms with Gasteiger partial charge in [-0.3, -0.25) is 9.69 Å². The van der Waals surface area contributed by atoms with E-state index < -0.39 is 0 Å². The van der Waals surface area contributed by atoms with Crippen LogP contribution in [0.5, 0.6) is 5.75 Å². The van der Waals surface area contributed by atoms with Gasteiger partial charge in [-0.05, 0) is 60.2 Å². The van der Waals surface area contributed by atoms with Gasteiger partial charge in [0.2, 0.25) is 0 Å². The highest BCUT2D eigenvalue weighted by atomic mass is 35.5. The standard InChI is InChI=1S/C28H19Cl2NO3/c1-33-27-10-6-5-9-24(27)31-25(18-7-3-2-4-8-18)17-20(28(31)32)15-21-12-14-26(34-21)19-11-13-22(29)23(30)16-19/h2-17H,1H3/b20-15+. The van der Waals surface area contributed by atoms with Crippen LogP contribution in [0, 0.1) is 0 Å². The van der Waals surface area contributed by atoms with E-state index in [1.54, 1.807) is 30.2 Å². The summed E-state index contributed by atoms with van der Waals surface area (Å²) in [5.41, 5.74) is 3.65. The predicted molar refractivity (Wildman–Crippen MR) is 137 cm³/mol. The monoisotopic (exact) mass is 487 g/mol. The highest BCUT2D eigenvalue weighted by molar-refractivity contribution is 6.42. The van der Waals surface area contributed by atoms with Crippen LogP contribution in [-0.4, -0.2) is 13.0 Å². The smallest absolute Gasteiger partial charge is 0.263 e. The summed E-state index contributed by atoms with van der Waals surface area (Å²) in [6.07, 6.45) is 3.60. The second-order valence-corrected chi connectivity index (χ2v) is 8.45. The van der Waals surface area contributed by atoms with Crippen LogP contribution < -0.4 is 9.64 Å². The maximum atomic E-state index is 13.6. The molecule has 0 bridgehead atoms. The third-order valence-electron chi connectivity index (χ3n) is 5.51. The summed E-state index contributed by atoms with van der Waals surface area (Å²) in [6.45, 7) is 0. The zero-order chi connectivity index (χ0) is 23.7. The fourth-order valence-corrected chi connectivity index (χ4v) is 4.18. The minimum absolute atomic E-state index is 0.171. The van der Waals surface area contributed by atoms with Gasteiger partial charge in [0.05, 0.1) is 28.5 Å². The van der Waals surface area contributed by atoms with Crippen molar-refractivity contribution < 1.29 is 13.9 Å². The first-order chi connectivity index (χ1) is 16.5. The van der Waals surface area contributed by atoms with Gasteiger partial charge in [-0.15, -0.1) is 0 Å². The SMILES string of the molecule is COc1ccccc1N1C(=O)/C(=C/c2ccc(-c3ccc(Cl)c(Cl)c3)o2)C=C1c1ccccc1. The van der Waals surface area contributed by atoms with Crippen LogP contribution in [0.15, 0.2) is 101 Å². The zero-order valence-corrected chi connectivity index (χ0v) is 19.7. The van der Waals surface area contributed by atoms with E-state index >= 15 is 0 Å². The molecule has 0 N–H and O–H groups in total. The first-order valence-electron chi connectivity index (χ1n) is 10.6. The molecule has 0 saturated heterocycles. The van der Waals surface area contributed by atoms with Crippen LogP contribution in [-0.2, 0) is 4.79 Å². The van der Waals surface area contributed by atoms with E-state index in [4.69, 9.17) is 32.4 Å². The van der Waals surface area contributed by atoms with E-state index in [1.807, 2.05) is 78.9 Å². The van der Waals surface area contributed by atoms with Crippen molar-refractivity contribution in [2.45, 2.75) is 0 Å². The Morgan fingerprint density at radius 2 is 1.62 bits per heavy atom. The topological polar surface area (TPSA) is 42.7 Å². The molecule has 0 saturated carbocycles. The normalized spacial score (nSPS) is 14.6. The number of carbonyl (C=O) groups excluding carboxylic acids is 1. The van der Waals surface area contributed by atoms with Gasteiger partial charge >= 0.3 is 0 Å². The third kappa shape index (κ3) is 4.14. The summed E-state index contributed by atoms with van der Waals surface area (Å²) in [5, 5.41) is 0.926. The van der Waals surface area contributed by atoms with Gasteiger partial charge in [-0.1, -0.05) is 65.7 Å². The van der Waals surface area contributed by atoms with Crippen molar-refractivity contribution in [2.75, 3.05) is 12.0 Å². The van der Waals surface area contributed by atoms with E-state index in [9.17, 15) is 4.79 Å². The van der Waals surface area contributed by atoms with Gasteiger partial charge < -0.3 is 9.15 Å². The second-order valence-electron chi connectivity index (χ2n) is 7.64. The maximum Gasteiger partial charge on any atom is 0.263 e. The Balaban J connectivity index is 1.56. The molecule has 6 heteroatoms. The quantitative estimate of drug-likeness (QED) is 0.270. The molecule has 1 aliphatic heterocycles. The molecule has 4 nitrogen and oxygen atoms in total. The molecule has 3 aromatic carbocycles. The number of para-hydroxylation sites is 2. The molecule has 1 aromatic heterocycles. The number of rotatable bonds is 5. The van der Waals surface area contributed by atoms with Crippen molar-refractivity contribution >= 4 is 46.6 Å². The molecule has 0 atom stereocenters. The largest absolute Gasteiger partial charge is 0.495 e. The first kappa shape index (κ1) is 22.1. The van der Waals surface area contributed by atoms with E-state index in [0.29, 0.717) is 38.6 Å². The van der Waals surface area contributed by atoms with Crippen LogP contribution >= 0.6 is 23.2 Å². The highest BCUT2D eigenvalue weighted by Gasteiger charge is 2.32. The Labute approximate surface area is 207 Å². The molecule has 168 valence electrons. The molecule has 34 heavy (non-hydrogen) atoms. The average molecular weight is 488 g/mol. The zero-order valence-electron chi connectivity index (χ0n) is 18.2. The van der Waals surface area contributed by atoms with Crippen LogP contribution in [0.1, 0.15) is 11.3 Å². The van der Waals surface area contributed by atoms with Crippen molar-refractivity contribution in [3.63, 3.8) is 0 Å². The molecule has 0 spiro atoms. The lowest BCUT2D eigenvalue weighted by Crippen LogP contribution is -2.25. The number of amides is 1. The molecular weight excluding hydrogens is 469 g/mol. The van der Waals surface area contributed by atoms with Crippen LogP contribution in [0.25, 0.3) is 23.1 Å². The lowest BCUT2D eigenvalue weighted by atomic mass is 10.1. The molecule has 0 fully saturated rings. The average Bonchev–Trinajstić information content (AvgIpc) is 3.46. The number of hydrogen-bond donors (Lipinski definition) is 0. The lowest BCUT2D eigenvalue weighted by Gasteiger charge is -2.22. The van der Waals surface area contributed by atoms with E-state index in [0.717, 1.165) is 16.8 Å². The first-order valence-corrected chi connectivity index (χ1v) is 11.3. The Hall–Kier alpha value is -3.73. The third-order valence-corrected chi connectivity index (χ3v) is 6.25. The van der Waals surface area contributed by atoms with E-state index in [1.165, 1.54) is 0 Å². The van der Waals surface area contributed by atoms with Gasteiger partial charge in [0.25, 0.3) is 5.91 Å². The van der Waals surface area contributed by atoms with Gasteiger partial charge in [0.1, 0.15) is 17.3 Å². The molecule has 0 aliphatic carbocycles. The van der Waals surface area contributed by atoms with Crippen molar-refractivity contribution in [1.82, 2.24) is 0 Å². The summed E-state index contributed by atoms with van der Waals surface area (Å²) in [6, 6.07) is 26.2. The van der Waals surface area contributed by atoms with E-state index in [-0.39, 0.29) is 5.91 Å². The van der Waals surface area contributed by atoms with Crippen LogP contribution in [0.3, 0.4) is 0 Å². The fraction of sp³-hybridized carbons (Fsp3) is 0.0357. The summed E-state index contributed by atoms with van der Waals surface area (Å²) >= 11 is 12.2. The number of furan rings is 1. The second kappa shape index (κ2) is 9.26. The minimum Gasteiger partial charge on any atom is -0.495 e. The Kier molecular flexibility index (Phi) is 6.01. The van der Waals surface area contributed by atoms with Crippen molar-refractivity contribution in [3.8, 4) is 17.1 Å². The number of halogens is 2. The minimum atomic E-state index is -0.171.